The van der Waals surface area contributed by atoms with Crippen molar-refractivity contribution in [3.8, 4) is 5.75 Å². The summed E-state index contributed by atoms with van der Waals surface area (Å²) >= 11 is 0. The number of ether oxygens (including phenoxy) is 2. The van der Waals surface area contributed by atoms with Gasteiger partial charge < -0.3 is 14.8 Å². The highest BCUT2D eigenvalue weighted by Crippen LogP contribution is 2.19. The topological polar surface area (TPSA) is 64.6 Å². The van der Waals surface area contributed by atoms with Crippen LogP contribution in [0.5, 0.6) is 5.75 Å². The number of amides is 1. The van der Waals surface area contributed by atoms with Crippen LogP contribution in [0, 0.1) is 20.8 Å². The number of esters is 1. The number of rotatable bonds is 6. The fraction of sp³-hybridized carbons (Fsp3) is 0.333. The number of carbonyl (C=O) groups is 2. The maximum atomic E-state index is 12.5. The average molecular weight is 355 g/mol. The van der Waals surface area contributed by atoms with E-state index in [0.29, 0.717) is 17.9 Å². The van der Waals surface area contributed by atoms with Crippen molar-refractivity contribution < 1.29 is 19.1 Å². The van der Waals surface area contributed by atoms with Gasteiger partial charge >= 0.3 is 5.97 Å². The molecule has 138 valence electrons. The molecule has 0 spiro atoms. The minimum atomic E-state index is -0.908. The zero-order valence-corrected chi connectivity index (χ0v) is 15.9. The predicted molar refractivity (Wildman–Crippen MR) is 102 cm³/mol. The van der Waals surface area contributed by atoms with E-state index in [-0.39, 0.29) is 5.91 Å². The minimum Gasteiger partial charge on any atom is -0.494 e. The molecule has 0 saturated heterocycles. The summed E-state index contributed by atoms with van der Waals surface area (Å²) in [6, 6.07) is 10.9. The molecule has 2 rings (SSSR count). The van der Waals surface area contributed by atoms with Gasteiger partial charge in [0.15, 0.2) is 6.10 Å². The lowest BCUT2D eigenvalue weighted by molar-refractivity contribution is -0.123. The van der Waals surface area contributed by atoms with Crippen LogP contribution in [0.3, 0.4) is 0 Å². The molecule has 5 nitrogen and oxygen atoms in total. The molecule has 0 aliphatic carbocycles. The molecule has 2 aromatic rings. The van der Waals surface area contributed by atoms with Crippen molar-refractivity contribution in [2.24, 2.45) is 0 Å². The molecule has 0 aliphatic heterocycles. The number of hydrogen-bond donors (Lipinski definition) is 1. The molecule has 0 fully saturated rings. The second kappa shape index (κ2) is 8.52. The first-order valence-electron chi connectivity index (χ1n) is 8.64. The van der Waals surface area contributed by atoms with Crippen LogP contribution in [-0.2, 0) is 9.53 Å². The molecular weight excluding hydrogens is 330 g/mol. The van der Waals surface area contributed by atoms with Crippen molar-refractivity contribution >= 4 is 17.6 Å². The SMILES string of the molecule is CCOc1ccc(NC(=O)C(C)OC(=O)c2c(C)cc(C)cc2C)cc1. The summed E-state index contributed by atoms with van der Waals surface area (Å²) in [5.74, 6) is -0.144. The van der Waals surface area contributed by atoms with Crippen molar-refractivity contribution in [3.63, 3.8) is 0 Å². The summed E-state index contributed by atoms with van der Waals surface area (Å²) in [4.78, 5) is 24.8. The Hall–Kier alpha value is -2.82. The number of anilines is 1. The normalized spacial score (nSPS) is 11.6. The summed E-state index contributed by atoms with van der Waals surface area (Å²) in [5, 5.41) is 2.73. The molecule has 0 heterocycles. The zero-order valence-electron chi connectivity index (χ0n) is 15.9. The Bertz CT molecular complexity index is 773. The van der Waals surface area contributed by atoms with E-state index >= 15 is 0 Å². The largest absolute Gasteiger partial charge is 0.494 e. The number of aryl methyl sites for hydroxylation is 3. The number of hydrogen-bond acceptors (Lipinski definition) is 4. The third-order valence-electron chi connectivity index (χ3n) is 3.97. The van der Waals surface area contributed by atoms with E-state index in [0.717, 1.165) is 22.4 Å². The van der Waals surface area contributed by atoms with Gasteiger partial charge in [0.2, 0.25) is 0 Å². The summed E-state index contributed by atoms with van der Waals surface area (Å²) in [6.07, 6.45) is -0.908. The van der Waals surface area contributed by atoms with Crippen molar-refractivity contribution in [1.29, 1.82) is 0 Å². The van der Waals surface area contributed by atoms with Gasteiger partial charge in [-0.1, -0.05) is 17.7 Å². The minimum absolute atomic E-state index is 0.384. The van der Waals surface area contributed by atoms with Crippen molar-refractivity contribution in [2.75, 3.05) is 11.9 Å². The van der Waals surface area contributed by atoms with Gasteiger partial charge in [0, 0.05) is 5.69 Å². The van der Waals surface area contributed by atoms with E-state index < -0.39 is 12.1 Å². The Morgan fingerprint density at radius 1 is 1.04 bits per heavy atom. The second-order valence-corrected chi connectivity index (χ2v) is 6.27. The molecule has 0 bridgehead atoms. The second-order valence-electron chi connectivity index (χ2n) is 6.27. The highest BCUT2D eigenvalue weighted by molar-refractivity contribution is 5.98. The van der Waals surface area contributed by atoms with Crippen LogP contribution >= 0.6 is 0 Å². The lowest BCUT2D eigenvalue weighted by Gasteiger charge is -2.16. The quantitative estimate of drug-likeness (QED) is 0.789. The Balaban J connectivity index is 2.01. The zero-order chi connectivity index (χ0) is 19.3. The van der Waals surface area contributed by atoms with Gasteiger partial charge in [0.05, 0.1) is 12.2 Å². The first kappa shape index (κ1) is 19.5. The Kier molecular flexibility index (Phi) is 6.39. The molecule has 1 atom stereocenters. The van der Waals surface area contributed by atoms with E-state index in [9.17, 15) is 9.59 Å². The van der Waals surface area contributed by atoms with Gasteiger partial charge in [-0.3, -0.25) is 4.79 Å². The molecule has 0 aromatic heterocycles. The lowest BCUT2D eigenvalue weighted by atomic mass is 10.00. The van der Waals surface area contributed by atoms with Crippen LogP contribution in [0.25, 0.3) is 0 Å². The van der Waals surface area contributed by atoms with Gasteiger partial charge in [-0.15, -0.1) is 0 Å². The van der Waals surface area contributed by atoms with E-state index in [4.69, 9.17) is 9.47 Å². The van der Waals surface area contributed by atoms with Crippen LogP contribution in [0.1, 0.15) is 40.9 Å². The molecule has 26 heavy (non-hydrogen) atoms. The molecule has 1 N–H and O–H groups in total. The molecule has 2 aromatic carbocycles. The summed E-state index contributed by atoms with van der Waals surface area (Å²) in [7, 11) is 0. The summed E-state index contributed by atoms with van der Waals surface area (Å²) < 4.78 is 10.7. The van der Waals surface area contributed by atoms with Crippen molar-refractivity contribution in [2.45, 2.75) is 40.7 Å². The van der Waals surface area contributed by atoms with E-state index in [2.05, 4.69) is 5.32 Å². The van der Waals surface area contributed by atoms with Gasteiger partial charge in [-0.2, -0.15) is 0 Å². The highest BCUT2D eigenvalue weighted by atomic mass is 16.5. The van der Waals surface area contributed by atoms with Crippen LogP contribution in [0.2, 0.25) is 0 Å². The molecule has 1 unspecified atom stereocenters. The molecule has 1 amide bonds. The maximum absolute atomic E-state index is 12.5. The number of nitrogens with one attached hydrogen (secondary N) is 1. The van der Waals surface area contributed by atoms with Gasteiger partial charge in [-0.25, -0.2) is 4.79 Å². The summed E-state index contributed by atoms with van der Waals surface area (Å²) in [6.45, 7) is 9.74. The molecule has 0 radical (unpaired) electrons. The van der Waals surface area contributed by atoms with Crippen LogP contribution < -0.4 is 10.1 Å². The van der Waals surface area contributed by atoms with Crippen LogP contribution in [0.15, 0.2) is 36.4 Å². The Labute approximate surface area is 154 Å². The predicted octanol–water partition coefficient (Wildman–Crippen LogP) is 4.19. The Morgan fingerprint density at radius 2 is 1.62 bits per heavy atom. The molecule has 0 aliphatic rings. The summed E-state index contributed by atoms with van der Waals surface area (Å²) in [5.41, 5.74) is 3.89. The Morgan fingerprint density at radius 3 is 2.15 bits per heavy atom. The van der Waals surface area contributed by atoms with Crippen LogP contribution in [0.4, 0.5) is 5.69 Å². The molecular formula is C21H25NO4. The first-order chi connectivity index (χ1) is 12.3. The van der Waals surface area contributed by atoms with Crippen molar-refractivity contribution in [3.05, 3.63) is 58.7 Å². The first-order valence-corrected chi connectivity index (χ1v) is 8.64. The smallest absolute Gasteiger partial charge is 0.339 e. The highest BCUT2D eigenvalue weighted by Gasteiger charge is 2.21. The van der Waals surface area contributed by atoms with Crippen LogP contribution in [-0.4, -0.2) is 24.6 Å². The van der Waals surface area contributed by atoms with Gasteiger partial charge in [-0.05, 0) is 70.0 Å². The standard InChI is InChI=1S/C21H25NO4/c1-6-25-18-9-7-17(8-10-18)22-20(23)16(5)26-21(24)19-14(3)11-13(2)12-15(19)4/h7-12,16H,6H2,1-5H3,(H,22,23). The maximum Gasteiger partial charge on any atom is 0.339 e. The third-order valence-corrected chi connectivity index (χ3v) is 3.97. The van der Waals surface area contributed by atoms with Gasteiger partial charge in [0.25, 0.3) is 5.91 Å². The fourth-order valence-electron chi connectivity index (χ4n) is 2.82. The third kappa shape index (κ3) is 4.85. The van der Waals surface area contributed by atoms with E-state index in [1.807, 2.05) is 39.8 Å². The monoisotopic (exact) mass is 355 g/mol. The van der Waals surface area contributed by atoms with E-state index in [1.54, 1.807) is 31.2 Å². The average Bonchev–Trinajstić information content (AvgIpc) is 2.55. The molecule has 0 saturated carbocycles. The molecule has 5 heteroatoms. The van der Waals surface area contributed by atoms with Crippen molar-refractivity contribution in [1.82, 2.24) is 0 Å². The number of carbonyl (C=O) groups excluding carboxylic acids is 2. The van der Waals surface area contributed by atoms with E-state index in [1.165, 1.54) is 0 Å². The number of benzene rings is 2. The fourth-order valence-corrected chi connectivity index (χ4v) is 2.82. The lowest BCUT2D eigenvalue weighted by Crippen LogP contribution is -2.30. The van der Waals surface area contributed by atoms with Gasteiger partial charge in [0.1, 0.15) is 5.75 Å².